The molecule has 0 aliphatic rings. The molecule has 3 rings (SSSR count). The van der Waals surface area contributed by atoms with Crippen LogP contribution in [0.4, 0.5) is 0 Å². The van der Waals surface area contributed by atoms with Crippen LogP contribution in [0.15, 0.2) is 40.9 Å². The molecular formula is C16H14N2O. The van der Waals surface area contributed by atoms with E-state index in [9.17, 15) is 0 Å². The lowest BCUT2D eigenvalue weighted by Gasteiger charge is -1.98. The summed E-state index contributed by atoms with van der Waals surface area (Å²) in [5.74, 6) is 0.828. The van der Waals surface area contributed by atoms with E-state index < -0.39 is 0 Å². The van der Waals surface area contributed by atoms with E-state index in [-0.39, 0.29) is 0 Å². The van der Waals surface area contributed by atoms with E-state index >= 15 is 0 Å². The molecule has 94 valence electrons. The Hall–Kier alpha value is -2.42. The van der Waals surface area contributed by atoms with Crippen LogP contribution in [-0.4, -0.2) is 10.1 Å². The molecule has 0 radical (unpaired) electrons. The van der Waals surface area contributed by atoms with Crippen molar-refractivity contribution in [3.8, 4) is 0 Å². The number of aryl methyl sites for hydroxylation is 2. The van der Waals surface area contributed by atoms with Crippen molar-refractivity contribution in [3.63, 3.8) is 0 Å². The SMILES string of the molecule is Cc1noc(C)c1C=Cc1ccc2ccccc2n1. The van der Waals surface area contributed by atoms with Gasteiger partial charge in [-0.2, -0.15) is 0 Å². The van der Waals surface area contributed by atoms with E-state index in [1.165, 1.54) is 0 Å². The van der Waals surface area contributed by atoms with Gasteiger partial charge in [0.25, 0.3) is 0 Å². The van der Waals surface area contributed by atoms with Gasteiger partial charge < -0.3 is 4.52 Å². The molecule has 0 amide bonds. The van der Waals surface area contributed by atoms with Crippen LogP contribution in [-0.2, 0) is 0 Å². The average molecular weight is 250 g/mol. The minimum atomic E-state index is 0.828. The minimum Gasteiger partial charge on any atom is -0.361 e. The van der Waals surface area contributed by atoms with Crippen LogP contribution in [0, 0.1) is 13.8 Å². The Bertz CT molecular complexity index is 737. The Morgan fingerprint density at radius 3 is 2.63 bits per heavy atom. The maximum atomic E-state index is 5.13. The summed E-state index contributed by atoms with van der Waals surface area (Å²) in [6.45, 7) is 3.84. The molecule has 1 aromatic carbocycles. The summed E-state index contributed by atoms with van der Waals surface area (Å²) in [7, 11) is 0. The fraction of sp³-hybridized carbons (Fsp3) is 0.125. The average Bonchev–Trinajstić information content (AvgIpc) is 2.76. The standard InChI is InChI=1S/C16H14N2O/c1-11-15(12(2)19-18-11)10-9-14-8-7-13-5-3-4-6-16(13)17-14/h3-10H,1-2H3. The molecule has 3 aromatic rings. The number of rotatable bonds is 2. The molecule has 19 heavy (non-hydrogen) atoms. The summed E-state index contributed by atoms with van der Waals surface area (Å²) in [4.78, 5) is 4.60. The number of fused-ring (bicyclic) bond motifs is 1. The first-order chi connectivity index (χ1) is 9.24. The summed E-state index contributed by atoms with van der Waals surface area (Å²) in [6.07, 6.45) is 3.98. The molecule has 0 unspecified atom stereocenters. The summed E-state index contributed by atoms with van der Waals surface area (Å²) >= 11 is 0. The second-order valence-corrected chi connectivity index (χ2v) is 4.50. The van der Waals surface area contributed by atoms with Gasteiger partial charge in [0.15, 0.2) is 0 Å². The summed E-state index contributed by atoms with van der Waals surface area (Å²) in [6, 6.07) is 12.2. The molecule has 0 fully saturated rings. The molecule has 0 N–H and O–H groups in total. The van der Waals surface area contributed by atoms with E-state index in [0.29, 0.717) is 0 Å². The molecule has 0 aliphatic carbocycles. The number of hydrogen-bond acceptors (Lipinski definition) is 3. The molecule has 0 bridgehead atoms. The summed E-state index contributed by atoms with van der Waals surface area (Å²) in [5.41, 5.74) is 3.85. The zero-order valence-corrected chi connectivity index (χ0v) is 10.9. The van der Waals surface area contributed by atoms with Gasteiger partial charge in [0.1, 0.15) is 5.76 Å². The number of nitrogens with zero attached hydrogens (tertiary/aromatic N) is 2. The van der Waals surface area contributed by atoms with E-state index in [1.54, 1.807) is 0 Å². The van der Waals surface area contributed by atoms with Gasteiger partial charge in [0.05, 0.1) is 16.9 Å². The van der Waals surface area contributed by atoms with E-state index in [0.717, 1.165) is 33.6 Å². The van der Waals surface area contributed by atoms with Crippen LogP contribution < -0.4 is 0 Å². The normalized spacial score (nSPS) is 11.5. The van der Waals surface area contributed by atoms with Crippen LogP contribution in [0.25, 0.3) is 23.1 Å². The molecule has 2 heterocycles. The van der Waals surface area contributed by atoms with Crippen molar-refractivity contribution >= 4 is 23.1 Å². The quantitative estimate of drug-likeness (QED) is 0.689. The minimum absolute atomic E-state index is 0.828. The topological polar surface area (TPSA) is 38.9 Å². The third-order valence-electron chi connectivity index (χ3n) is 3.13. The van der Waals surface area contributed by atoms with Crippen LogP contribution >= 0.6 is 0 Å². The molecule has 0 saturated heterocycles. The third-order valence-corrected chi connectivity index (χ3v) is 3.13. The van der Waals surface area contributed by atoms with Crippen LogP contribution in [0.5, 0.6) is 0 Å². The van der Waals surface area contributed by atoms with Crippen molar-refractivity contribution in [1.29, 1.82) is 0 Å². The zero-order chi connectivity index (χ0) is 13.2. The first-order valence-electron chi connectivity index (χ1n) is 6.21. The van der Waals surface area contributed by atoms with Gasteiger partial charge in [-0.15, -0.1) is 0 Å². The highest BCUT2D eigenvalue weighted by molar-refractivity contribution is 5.81. The zero-order valence-electron chi connectivity index (χ0n) is 10.9. The van der Waals surface area contributed by atoms with Gasteiger partial charge >= 0.3 is 0 Å². The molecule has 0 atom stereocenters. The summed E-state index contributed by atoms with van der Waals surface area (Å²) in [5, 5.41) is 5.08. The number of pyridine rings is 1. The van der Waals surface area contributed by atoms with E-state index in [4.69, 9.17) is 4.52 Å². The lowest BCUT2D eigenvalue weighted by Crippen LogP contribution is -1.83. The predicted octanol–water partition coefficient (Wildman–Crippen LogP) is 4.01. The Labute approximate surface area is 111 Å². The number of aromatic nitrogens is 2. The van der Waals surface area contributed by atoms with Crippen molar-refractivity contribution in [2.24, 2.45) is 0 Å². The largest absolute Gasteiger partial charge is 0.361 e. The van der Waals surface area contributed by atoms with Gasteiger partial charge in [-0.25, -0.2) is 4.98 Å². The first kappa shape index (κ1) is 11.7. The fourth-order valence-corrected chi connectivity index (χ4v) is 2.07. The highest BCUT2D eigenvalue weighted by Gasteiger charge is 2.04. The van der Waals surface area contributed by atoms with Gasteiger partial charge in [-0.1, -0.05) is 29.4 Å². The second kappa shape index (κ2) is 4.69. The first-order valence-corrected chi connectivity index (χ1v) is 6.21. The summed E-state index contributed by atoms with van der Waals surface area (Å²) < 4.78 is 5.13. The van der Waals surface area contributed by atoms with Crippen molar-refractivity contribution in [1.82, 2.24) is 10.1 Å². The Morgan fingerprint density at radius 1 is 1.00 bits per heavy atom. The third kappa shape index (κ3) is 2.27. The Balaban J connectivity index is 1.97. The maximum absolute atomic E-state index is 5.13. The molecule has 0 spiro atoms. The van der Waals surface area contributed by atoms with Crippen molar-refractivity contribution in [2.45, 2.75) is 13.8 Å². The highest BCUT2D eigenvalue weighted by Crippen LogP contribution is 2.17. The molecule has 0 saturated carbocycles. The van der Waals surface area contributed by atoms with Gasteiger partial charge in [0.2, 0.25) is 0 Å². The lowest BCUT2D eigenvalue weighted by molar-refractivity contribution is 0.393. The maximum Gasteiger partial charge on any atom is 0.141 e. The predicted molar refractivity (Wildman–Crippen MR) is 76.6 cm³/mol. The van der Waals surface area contributed by atoms with Gasteiger partial charge in [0, 0.05) is 10.9 Å². The monoisotopic (exact) mass is 250 g/mol. The number of para-hydroxylation sites is 1. The fourth-order valence-electron chi connectivity index (χ4n) is 2.07. The van der Waals surface area contributed by atoms with E-state index in [1.807, 2.05) is 50.3 Å². The van der Waals surface area contributed by atoms with Crippen molar-refractivity contribution < 1.29 is 4.52 Å². The molecule has 0 aliphatic heterocycles. The van der Waals surface area contributed by atoms with Crippen molar-refractivity contribution in [3.05, 3.63) is 59.1 Å². The lowest BCUT2D eigenvalue weighted by atomic mass is 10.1. The van der Waals surface area contributed by atoms with Gasteiger partial charge in [-0.3, -0.25) is 0 Å². The van der Waals surface area contributed by atoms with Gasteiger partial charge in [-0.05, 0) is 38.1 Å². The molecule has 2 aromatic heterocycles. The highest BCUT2D eigenvalue weighted by atomic mass is 16.5. The number of hydrogen-bond donors (Lipinski definition) is 0. The Morgan fingerprint density at radius 2 is 1.84 bits per heavy atom. The molecule has 3 nitrogen and oxygen atoms in total. The number of benzene rings is 1. The van der Waals surface area contributed by atoms with Crippen LogP contribution in [0.2, 0.25) is 0 Å². The smallest absolute Gasteiger partial charge is 0.141 e. The van der Waals surface area contributed by atoms with Crippen LogP contribution in [0.1, 0.15) is 22.7 Å². The second-order valence-electron chi connectivity index (χ2n) is 4.50. The Kier molecular flexibility index (Phi) is 2.88. The van der Waals surface area contributed by atoms with Crippen LogP contribution in [0.3, 0.4) is 0 Å². The van der Waals surface area contributed by atoms with Crippen molar-refractivity contribution in [2.75, 3.05) is 0 Å². The molecule has 3 heteroatoms. The molecular weight excluding hydrogens is 236 g/mol. The van der Waals surface area contributed by atoms with E-state index in [2.05, 4.69) is 22.3 Å².